The third kappa shape index (κ3) is 3.29. The van der Waals surface area contributed by atoms with Crippen molar-refractivity contribution in [3.8, 4) is 0 Å². The predicted molar refractivity (Wildman–Crippen MR) is 84.6 cm³/mol. The molecule has 0 radical (unpaired) electrons. The van der Waals surface area contributed by atoms with Gasteiger partial charge in [-0.2, -0.15) is 0 Å². The van der Waals surface area contributed by atoms with Crippen LogP contribution in [0.25, 0.3) is 0 Å². The molecular formula is C17H18BrNO. The Hall–Kier alpha value is -1.16. The van der Waals surface area contributed by atoms with E-state index in [0.29, 0.717) is 0 Å². The van der Waals surface area contributed by atoms with Crippen LogP contribution in [0.3, 0.4) is 0 Å². The number of ether oxygens (including phenoxy) is 1. The molecule has 0 amide bonds. The first-order chi connectivity index (χ1) is 9.83. The Morgan fingerprint density at radius 2 is 1.80 bits per heavy atom. The first-order valence-corrected chi connectivity index (χ1v) is 7.74. The highest BCUT2D eigenvalue weighted by Crippen LogP contribution is 2.24. The maximum Gasteiger partial charge on any atom is 0.0952 e. The molecule has 0 aliphatic carbocycles. The smallest absolute Gasteiger partial charge is 0.0952 e. The quantitative estimate of drug-likeness (QED) is 0.842. The molecule has 104 valence electrons. The molecule has 1 heterocycles. The van der Waals surface area contributed by atoms with Crippen LogP contribution in [0, 0.1) is 0 Å². The van der Waals surface area contributed by atoms with Crippen molar-refractivity contribution in [2.45, 2.75) is 12.6 Å². The minimum absolute atomic E-state index is 0.187. The van der Waals surface area contributed by atoms with Gasteiger partial charge >= 0.3 is 0 Å². The Morgan fingerprint density at radius 1 is 1.05 bits per heavy atom. The Bertz CT molecular complexity index is 558. The van der Waals surface area contributed by atoms with Gasteiger partial charge in [0.05, 0.1) is 12.7 Å². The largest absolute Gasteiger partial charge is 0.371 e. The van der Waals surface area contributed by atoms with Gasteiger partial charge in [-0.05, 0) is 17.2 Å². The fourth-order valence-corrected chi connectivity index (χ4v) is 2.99. The standard InChI is InChI=1S/C17H18BrNO/c18-16-9-5-4-8-15(16)12-19-10-11-20-17(13-19)14-6-2-1-3-7-14/h1-9,17H,10-13H2. The van der Waals surface area contributed by atoms with E-state index in [-0.39, 0.29) is 6.10 Å². The predicted octanol–water partition coefficient (Wildman–Crippen LogP) is 4.02. The van der Waals surface area contributed by atoms with Crippen molar-refractivity contribution in [3.05, 3.63) is 70.2 Å². The number of rotatable bonds is 3. The van der Waals surface area contributed by atoms with Crippen LogP contribution in [-0.4, -0.2) is 24.6 Å². The molecule has 0 bridgehead atoms. The molecule has 2 aromatic rings. The SMILES string of the molecule is Brc1ccccc1CN1CCOC(c2ccccc2)C1. The lowest BCUT2D eigenvalue weighted by Gasteiger charge is -2.33. The van der Waals surface area contributed by atoms with Crippen molar-refractivity contribution < 1.29 is 4.74 Å². The van der Waals surface area contributed by atoms with Gasteiger partial charge in [0.2, 0.25) is 0 Å². The average Bonchev–Trinajstić information content (AvgIpc) is 2.51. The zero-order valence-electron chi connectivity index (χ0n) is 11.3. The second-order valence-corrected chi connectivity index (χ2v) is 5.95. The fourth-order valence-electron chi connectivity index (χ4n) is 2.58. The van der Waals surface area contributed by atoms with Gasteiger partial charge in [0.1, 0.15) is 0 Å². The van der Waals surface area contributed by atoms with Crippen LogP contribution in [0.15, 0.2) is 59.1 Å². The Balaban J connectivity index is 1.68. The third-order valence-corrected chi connectivity index (χ3v) is 4.45. The second-order valence-electron chi connectivity index (χ2n) is 5.10. The van der Waals surface area contributed by atoms with E-state index < -0.39 is 0 Å². The average molecular weight is 332 g/mol. The van der Waals surface area contributed by atoms with Gasteiger partial charge in [0, 0.05) is 24.1 Å². The fraction of sp³-hybridized carbons (Fsp3) is 0.294. The van der Waals surface area contributed by atoms with Crippen LogP contribution in [-0.2, 0) is 11.3 Å². The van der Waals surface area contributed by atoms with Gasteiger partial charge in [-0.3, -0.25) is 4.90 Å². The van der Waals surface area contributed by atoms with Gasteiger partial charge in [-0.15, -0.1) is 0 Å². The summed E-state index contributed by atoms with van der Waals surface area (Å²) in [4.78, 5) is 2.46. The van der Waals surface area contributed by atoms with Crippen molar-refractivity contribution in [1.82, 2.24) is 4.90 Å². The van der Waals surface area contributed by atoms with Gasteiger partial charge in [-0.1, -0.05) is 64.5 Å². The van der Waals surface area contributed by atoms with Crippen molar-refractivity contribution >= 4 is 15.9 Å². The lowest BCUT2D eigenvalue weighted by Crippen LogP contribution is -2.37. The Labute approximate surface area is 128 Å². The molecule has 0 aromatic heterocycles. The molecule has 1 atom stereocenters. The number of halogens is 1. The summed E-state index contributed by atoms with van der Waals surface area (Å²) < 4.78 is 7.09. The van der Waals surface area contributed by atoms with E-state index in [9.17, 15) is 0 Å². The van der Waals surface area contributed by atoms with Crippen LogP contribution < -0.4 is 0 Å². The molecule has 3 rings (SSSR count). The van der Waals surface area contributed by atoms with Gasteiger partial charge < -0.3 is 4.74 Å². The minimum atomic E-state index is 0.187. The number of hydrogen-bond donors (Lipinski definition) is 0. The summed E-state index contributed by atoms with van der Waals surface area (Å²) in [6.07, 6.45) is 0.187. The van der Waals surface area contributed by atoms with E-state index in [1.54, 1.807) is 0 Å². The van der Waals surface area contributed by atoms with Crippen LogP contribution >= 0.6 is 15.9 Å². The van der Waals surface area contributed by atoms with Crippen LogP contribution in [0.2, 0.25) is 0 Å². The summed E-state index contributed by atoms with van der Waals surface area (Å²) >= 11 is 3.63. The van der Waals surface area contributed by atoms with Gasteiger partial charge in [0.15, 0.2) is 0 Å². The molecule has 1 fully saturated rings. The zero-order valence-corrected chi connectivity index (χ0v) is 12.9. The number of morpholine rings is 1. The van der Waals surface area contributed by atoms with Crippen molar-refractivity contribution in [2.75, 3.05) is 19.7 Å². The molecular weight excluding hydrogens is 314 g/mol. The molecule has 0 saturated carbocycles. The first-order valence-electron chi connectivity index (χ1n) is 6.95. The summed E-state index contributed by atoms with van der Waals surface area (Å²) in [7, 11) is 0. The molecule has 0 spiro atoms. The maximum atomic E-state index is 5.91. The lowest BCUT2D eigenvalue weighted by atomic mass is 10.1. The van der Waals surface area contributed by atoms with Crippen molar-refractivity contribution in [1.29, 1.82) is 0 Å². The number of hydrogen-bond acceptors (Lipinski definition) is 2. The monoisotopic (exact) mass is 331 g/mol. The molecule has 1 aliphatic rings. The van der Waals surface area contributed by atoms with E-state index in [4.69, 9.17) is 4.74 Å². The molecule has 0 N–H and O–H groups in total. The van der Waals surface area contributed by atoms with E-state index >= 15 is 0 Å². The molecule has 1 unspecified atom stereocenters. The first kappa shape index (κ1) is 13.8. The highest BCUT2D eigenvalue weighted by Gasteiger charge is 2.22. The van der Waals surface area contributed by atoms with E-state index in [1.807, 2.05) is 6.07 Å². The van der Waals surface area contributed by atoms with E-state index in [1.165, 1.54) is 15.6 Å². The second kappa shape index (κ2) is 6.53. The molecule has 1 saturated heterocycles. The Kier molecular flexibility index (Phi) is 4.51. The van der Waals surface area contributed by atoms with Crippen LogP contribution in [0.4, 0.5) is 0 Å². The Morgan fingerprint density at radius 3 is 2.60 bits per heavy atom. The van der Waals surface area contributed by atoms with Crippen LogP contribution in [0.5, 0.6) is 0 Å². The third-order valence-electron chi connectivity index (χ3n) is 3.67. The van der Waals surface area contributed by atoms with Crippen LogP contribution in [0.1, 0.15) is 17.2 Å². The lowest BCUT2D eigenvalue weighted by molar-refractivity contribution is -0.0329. The topological polar surface area (TPSA) is 12.5 Å². The highest BCUT2D eigenvalue weighted by molar-refractivity contribution is 9.10. The molecule has 20 heavy (non-hydrogen) atoms. The summed E-state index contributed by atoms with van der Waals surface area (Å²) in [5, 5.41) is 0. The summed E-state index contributed by atoms with van der Waals surface area (Å²) in [6.45, 7) is 3.70. The summed E-state index contributed by atoms with van der Waals surface area (Å²) in [5.41, 5.74) is 2.60. The maximum absolute atomic E-state index is 5.91. The number of benzene rings is 2. The molecule has 1 aliphatic heterocycles. The molecule has 2 aromatic carbocycles. The summed E-state index contributed by atoms with van der Waals surface area (Å²) in [6, 6.07) is 18.9. The van der Waals surface area contributed by atoms with E-state index in [0.717, 1.165) is 26.2 Å². The minimum Gasteiger partial charge on any atom is -0.371 e. The molecule has 2 nitrogen and oxygen atoms in total. The number of nitrogens with zero attached hydrogens (tertiary/aromatic N) is 1. The van der Waals surface area contributed by atoms with Crippen molar-refractivity contribution in [2.24, 2.45) is 0 Å². The van der Waals surface area contributed by atoms with Gasteiger partial charge in [0.25, 0.3) is 0 Å². The van der Waals surface area contributed by atoms with Crippen molar-refractivity contribution in [3.63, 3.8) is 0 Å². The normalized spacial score (nSPS) is 19.9. The zero-order chi connectivity index (χ0) is 13.8. The van der Waals surface area contributed by atoms with E-state index in [2.05, 4.69) is 69.4 Å². The molecule has 3 heteroatoms. The highest BCUT2D eigenvalue weighted by atomic mass is 79.9. The summed E-state index contributed by atoms with van der Waals surface area (Å²) in [5.74, 6) is 0. The van der Waals surface area contributed by atoms with Gasteiger partial charge in [-0.25, -0.2) is 0 Å².